The van der Waals surface area contributed by atoms with Gasteiger partial charge < -0.3 is 20.7 Å². The maximum Gasteiger partial charge on any atom is 0.404 e. The molecule has 1 fully saturated rings. The van der Waals surface area contributed by atoms with Gasteiger partial charge in [-0.25, -0.2) is 9.78 Å². The second kappa shape index (κ2) is 6.80. The Morgan fingerprint density at radius 1 is 1.40 bits per heavy atom. The predicted octanol–water partition coefficient (Wildman–Crippen LogP) is 2.42. The average Bonchev–Trinajstić information content (AvgIpc) is 3.01. The van der Waals surface area contributed by atoms with E-state index in [1.165, 1.54) is 0 Å². The number of amides is 2. The molecular weight excluding hydrogens is 320 g/mol. The fourth-order valence-corrected chi connectivity index (χ4v) is 2.91. The Kier molecular flexibility index (Phi) is 4.56. The van der Waals surface area contributed by atoms with E-state index in [9.17, 15) is 9.59 Å². The van der Waals surface area contributed by atoms with E-state index in [0.29, 0.717) is 24.2 Å². The molecule has 25 heavy (non-hydrogen) atoms. The molecule has 1 aromatic heterocycles. The first-order valence-electron chi connectivity index (χ1n) is 8.00. The number of aromatic nitrogens is 1. The van der Waals surface area contributed by atoms with E-state index in [0.717, 1.165) is 23.1 Å². The lowest BCUT2D eigenvalue weighted by Crippen LogP contribution is -2.27. The van der Waals surface area contributed by atoms with Gasteiger partial charge in [0.05, 0.1) is 6.54 Å². The van der Waals surface area contributed by atoms with Gasteiger partial charge in [-0.2, -0.15) is 0 Å². The number of rotatable bonds is 4. The summed E-state index contributed by atoms with van der Waals surface area (Å²) < 4.78 is 5.07. The number of nitrogens with two attached hydrogens (primary N) is 1. The van der Waals surface area contributed by atoms with Crippen molar-refractivity contribution in [3.8, 4) is 0 Å². The lowest BCUT2D eigenvalue weighted by molar-refractivity contribution is -0.112. The topological polar surface area (TPSA) is 97.5 Å². The predicted molar refractivity (Wildman–Crippen MR) is 96.5 cm³/mol. The van der Waals surface area contributed by atoms with Crippen LogP contribution in [0.15, 0.2) is 42.6 Å². The SMILES string of the molecule is C=C(C)C(=O)Nc1ccc2c(N3CCC(OC(N)=O)C3)nccc2c1. The Balaban J connectivity index is 1.84. The number of benzene rings is 1. The van der Waals surface area contributed by atoms with Crippen molar-refractivity contribution in [1.29, 1.82) is 0 Å². The van der Waals surface area contributed by atoms with Gasteiger partial charge in [-0.1, -0.05) is 6.58 Å². The first-order chi connectivity index (χ1) is 11.9. The van der Waals surface area contributed by atoms with Crippen molar-refractivity contribution in [2.45, 2.75) is 19.4 Å². The molecule has 1 atom stereocenters. The van der Waals surface area contributed by atoms with Crippen LogP contribution in [0.3, 0.4) is 0 Å². The molecule has 1 aromatic carbocycles. The zero-order valence-electron chi connectivity index (χ0n) is 14.0. The quantitative estimate of drug-likeness (QED) is 0.833. The van der Waals surface area contributed by atoms with Crippen molar-refractivity contribution in [1.82, 2.24) is 4.98 Å². The summed E-state index contributed by atoms with van der Waals surface area (Å²) in [6.07, 6.45) is 1.47. The van der Waals surface area contributed by atoms with Gasteiger partial charge in [0, 0.05) is 35.8 Å². The number of ether oxygens (including phenoxy) is 1. The first-order valence-corrected chi connectivity index (χ1v) is 8.00. The lowest BCUT2D eigenvalue weighted by Gasteiger charge is -2.19. The largest absolute Gasteiger partial charge is 0.444 e. The summed E-state index contributed by atoms with van der Waals surface area (Å²) in [7, 11) is 0. The van der Waals surface area contributed by atoms with E-state index in [2.05, 4.69) is 21.8 Å². The molecule has 7 heteroatoms. The Hall–Kier alpha value is -3.09. The second-order valence-electron chi connectivity index (χ2n) is 6.10. The fourth-order valence-electron chi connectivity index (χ4n) is 2.91. The molecule has 7 nitrogen and oxygen atoms in total. The fraction of sp³-hybridized carbons (Fsp3) is 0.278. The van der Waals surface area contributed by atoms with Crippen molar-refractivity contribution in [3.05, 3.63) is 42.6 Å². The molecule has 0 aliphatic carbocycles. The molecule has 0 saturated carbocycles. The first kappa shape index (κ1) is 16.8. The van der Waals surface area contributed by atoms with Crippen LogP contribution in [-0.2, 0) is 9.53 Å². The molecule has 1 unspecified atom stereocenters. The van der Waals surface area contributed by atoms with Crippen LogP contribution in [0, 0.1) is 0 Å². The molecule has 1 aliphatic heterocycles. The highest BCUT2D eigenvalue weighted by Crippen LogP contribution is 2.29. The smallest absolute Gasteiger partial charge is 0.404 e. The van der Waals surface area contributed by atoms with Gasteiger partial charge in [0.2, 0.25) is 0 Å². The van der Waals surface area contributed by atoms with Crippen molar-refractivity contribution in [2.75, 3.05) is 23.3 Å². The maximum absolute atomic E-state index is 11.8. The standard InChI is InChI=1S/C18H20N4O3/c1-11(2)17(23)21-13-3-4-15-12(9-13)5-7-20-16(15)22-8-6-14(10-22)25-18(19)24/h3-5,7,9,14H,1,6,8,10H2,2H3,(H2,19,24)(H,21,23). The van der Waals surface area contributed by atoms with Crippen LogP contribution >= 0.6 is 0 Å². The minimum Gasteiger partial charge on any atom is -0.444 e. The number of pyridine rings is 1. The molecule has 0 spiro atoms. The van der Waals surface area contributed by atoms with Crippen LogP contribution < -0.4 is 16.0 Å². The normalized spacial score (nSPS) is 16.7. The van der Waals surface area contributed by atoms with Gasteiger partial charge in [0.15, 0.2) is 0 Å². The highest BCUT2D eigenvalue weighted by atomic mass is 16.6. The Labute approximate surface area is 145 Å². The highest BCUT2D eigenvalue weighted by Gasteiger charge is 2.26. The molecule has 3 rings (SSSR count). The van der Waals surface area contributed by atoms with Crippen LogP contribution in [0.5, 0.6) is 0 Å². The van der Waals surface area contributed by atoms with Crippen molar-refractivity contribution >= 4 is 34.3 Å². The zero-order chi connectivity index (χ0) is 18.0. The van der Waals surface area contributed by atoms with Crippen LogP contribution in [0.4, 0.5) is 16.3 Å². The number of anilines is 2. The van der Waals surface area contributed by atoms with Gasteiger partial charge in [-0.15, -0.1) is 0 Å². The van der Waals surface area contributed by atoms with Crippen molar-refractivity contribution < 1.29 is 14.3 Å². The number of carbonyl (C=O) groups is 2. The van der Waals surface area contributed by atoms with E-state index < -0.39 is 6.09 Å². The van der Waals surface area contributed by atoms with Crippen molar-refractivity contribution in [3.63, 3.8) is 0 Å². The van der Waals surface area contributed by atoms with Crippen LogP contribution in [-0.4, -0.2) is 36.2 Å². The third-order valence-corrected chi connectivity index (χ3v) is 4.12. The summed E-state index contributed by atoms with van der Waals surface area (Å²) in [6, 6.07) is 7.55. The number of hydrogen-bond donors (Lipinski definition) is 2. The van der Waals surface area contributed by atoms with Gasteiger partial charge in [-0.05, 0) is 36.6 Å². The van der Waals surface area contributed by atoms with E-state index in [1.807, 2.05) is 24.3 Å². The summed E-state index contributed by atoms with van der Waals surface area (Å²) in [5.74, 6) is 0.616. The van der Waals surface area contributed by atoms with Crippen LogP contribution in [0.1, 0.15) is 13.3 Å². The Bertz CT molecular complexity index is 849. The van der Waals surface area contributed by atoms with E-state index in [-0.39, 0.29) is 12.0 Å². The summed E-state index contributed by atoms with van der Waals surface area (Å²) in [6.45, 7) is 6.59. The Morgan fingerprint density at radius 3 is 2.92 bits per heavy atom. The van der Waals surface area contributed by atoms with Gasteiger partial charge in [-0.3, -0.25) is 4.79 Å². The molecule has 2 aromatic rings. The monoisotopic (exact) mass is 340 g/mol. The summed E-state index contributed by atoms with van der Waals surface area (Å²) in [5, 5.41) is 4.74. The molecule has 2 heterocycles. The summed E-state index contributed by atoms with van der Waals surface area (Å²) >= 11 is 0. The summed E-state index contributed by atoms with van der Waals surface area (Å²) in [5.41, 5.74) is 6.24. The average molecular weight is 340 g/mol. The number of nitrogens with one attached hydrogen (secondary N) is 1. The lowest BCUT2D eigenvalue weighted by atomic mass is 10.1. The van der Waals surface area contributed by atoms with Crippen LogP contribution in [0.25, 0.3) is 10.8 Å². The molecule has 130 valence electrons. The second-order valence-corrected chi connectivity index (χ2v) is 6.10. The number of nitrogens with zero attached hydrogens (tertiary/aromatic N) is 2. The molecule has 0 bridgehead atoms. The third-order valence-electron chi connectivity index (χ3n) is 4.12. The van der Waals surface area contributed by atoms with Gasteiger partial charge >= 0.3 is 6.09 Å². The minimum absolute atomic E-state index is 0.209. The number of carbonyl (C=O) groups excluding carboxylic acids is 2. The highest BCUT2D eigenvalue weighted by molar-refractivity contribution is 6.04. The van der Waals surface area contributed by atoms with Crippen molar-refractivity contribution in [2.24, 2.45) is 5.73 Å². The van der Waals surface area contributed by atoms with E-state index in [1.54, 1.807) is 13.1 Å². The number of fused-ring (bicyclic) bond motifs is 1. The van der Waals surface area contributed by atoms with Gasteiger partial charge in [0.1, 0.15) is 11.9 Å². The van der Waals surface area contributed by atoms with E-state index in [4.69, 9.17) is 10.5 Å². The molecule has 1 aliphatic rings. The van der Waals surface area contributed by atoms with E-state index >= 15 is 0 Å². The molecule has 1 saturated heterocycles. The third kappa shape index (κ3) is 3.71. The number of primary amides is 1. The maximum atomic E-state index is 11.8. The zero-order valence-corrected chi connectivity index (χ0v) is 14.0. The van der Waals surface area contributed by atoms with Gasteiger partial charge in [0.25, 0.3) is 5.91 Å². The summed E-state index contributed by atoms with van der Waals surface area (Å²) in [4.78, 5) is 29.2. The molecule has 2 amide bonds. The van der Waals surface area contributed by atoms with Crippen LogP contribution in [0.2, 0.25) is 0 Å². The number of hydrogen-bond acceptors (Lipinski definition) is 5. The Morgan fingerprint density at radius 2 is 2.20 bits per heavy atom. The molecule has 3 N–H and O–H groups in total. The molecular formula is C18H20N4O3. The minimum atomic E-state index is -0.754. The molecule has 0 radical (unpaired) electrons.